The normalized spacial score (nSPS) is 19.5. The number of aromatic nitrogens is 3. The van der Waals surface area contributed by atoms with E-state index in [9.17, 15) is 18.5 Å². The predicted molar refractivity (Wildman–Crippen MR) is 136 cm³/mol. The number of aliphatic hydroxyl groups excluding tert-OH is 1. The van der Waals surface area contributed by atoms with Crippen molar-refractivity contribution in [2.24, 2.45) is 0 Å². The molecule has 1 fully saturated rings. The quantitative estimate of drug-likeness (QED) is 0.388. The van der Waals surface area contributed by atoms with Crippen LogP contribution in [0.3, 0.4) is 0 Å². The Morgan fingerprint density at radius 1 is 1.33 bits per heavy atom. The molecule has 0 saturated heterocycles. The van der Waals surface area contributed by atoms with E-state index >= 15 is 0 Å². The molecule has 10 nitrogen and oxygen atoms in total. The van der Waals surface area contributed by atoms with Crippen molar-refractivity contribution in [1.82, 2.24) is 19.3 Å². The monoisotopic (exact) mass is 519 g/mol. The molecular formula is C24H30FN5O5S. The van der Waals surface area contributed by atoms with Gasteiger partial charge in [-0.05, 0) is 50.3 Å². The number of nitrogens with one attached hydrogen (secondary N) is 2. The Hall–Kier alpha value is -3.22. The number of methoxy groups -OCH3 is 1. The van der Waals surface area contributed by atoms with E-state index in [1.165, 1.54) is 47.9 Å². The van der Waals surface area contributed by atoms with Gasteiger partial charge in [-0.3, -0.25) is 9.52 Å². The molecule has 4 rings (SSSR count). The van der Waals surface area contributed by atoms with Crippen LogP contribution in [0.2, 0.25) is 0 Å². The lowest BCUT2D eigenvalue weighted by Crippen LogP contribution is -2.31. The Balaban J connectivity index is 1.63. The van der Waals surface area contributed by atoms with Gasteiger partial charge in [-0.2, -0.15) is 5.10 Å². The molecule has 1 atom stereocenters. The zero-order valence-electron chi connectivity index (χ0n) is 20.4. The molecule has 36 heavy (non-hydrogen) atoms. The summed E-state index contributed by atoms with van der Waals surface area (Å²) in [4.78, 5) is 17.2. The molecule has 2 heterocycles. The second kappa shape index (κ2) is 10.8. The Bertz CT molecular complexity index is 1380. The smallest absolute Gasteiger partial charge is 0.264 e. The molecule has 0 bridgehead atoms. The van der Waals surface area contributed by atoms with E-state index in [2.05, 4.69) is 20.1 Å². The second-order valence-electron chi connectivity index (χ2n) is 8.84. The van der Waals surface area contributed by atoms with E-state index in [0.717, 1.165) is 0 Å². The molecule has 0 radical (unpaired) electrons. The molecule has 3 aromatic rings. The predicted octanol–water partition coefficient (Wildman–Crippen LogP) is 2.61. The van der Waals surface area contributed by atoms with E-state index in [-0.39, 0.29) is 24.4 Å². The van der Waals surface area contributed by atoms with E-state index in [1.54, 1.807) is 13.0 Å². The average molecular weight is 520 g/mol. The lowest BCUT2D eigenvalue weighted by atomic mass is 9.95. The maximum atomic E-state index is 14.1. The zero-order chi connectivity index (χ0) is 25.9. The number of fused-ring (bicyclic) bond motifs is 1. The maximum Gasteiger partial charge on any atom is 0.264 e. The van der Waals surface area contributed by atoms with Crippen molar-refractivity contribution in [3.8, 4) is 5.75 Å². The van der Waals surface area contributed by atoms with Crippen molar-refractivity contribution < 1.29 is 28.0 Å². The number of anilines is 2. The number of benzene rings is 1. The van der Waals surface area contributed by atoms with E-state index in [4.69, 9.17) is 9.47 Å². The third kappa shape index (κ3) is 5.94. The Kier molecular flexibility index (Phi) is 7.76. The third-order valence-electron chi connectivity index (χ3n) is 6.05. The summed E-state index contributed by atoms with van der Waals surface area (Å²) in [7, 11) is -1.28. The molecule has 1 saturated carbocycles. The molecule has 0 aliphatic heterocycles. The van der Waals surface area contributed by atoms with Crippen molar-refractivity contribution in [2.45, 2.75) is 44.8 Å². The molecule has 1 amide bonds. The van der Waals surface area contributed by atoms with Crippen LogP contribution in [-0.2, 0) is 14.4 Å². The number of hydrogen-bond acceptors (Lipinski definition) is 8. The number of nitrogens with zero attached hydrogens (tertiary/aromatic N) is 3. The number of amides is 1. The van der Waals surface area contributed by atoms with Gasteiger partial charge in [0, 0.05) is 31.0 Å². The minimum atomic E-state index is -2.76. The number of ether oxygens (including phenoxy) is 2. The van der Waals surface area contributed by atoms with Crippen LogP contribution in [0.25, 0.3) is 5.52 Å². The van der Waals surface area contributed by atoms with Crippen LogP contribution in [0, 0.1) is 12.7 Å². The van der Waals surface area contributed by atoms with Crippen LogP contribution in [0.5, 0.6) is 5.75 Å². The largest absolute Gasteiger partial charge is 0.488 e. The Morgan fingerprint density at radius 2 is 2.08 bits per heavy atom. The molecule has 2 aromatic heterocycles. The highest BCUT2D eigenvalue weighted by molar-refractivity contribution is 7.99. The first-order chi connectivity index (χ1) is 17.2. The number of carbonyl (C=O) groups excluding carboxylic acids is 1. The van der Waals surface area contributed by atoms with Crippen molar-refractivity contribution >= 4 is 38.0 Å². The lowest BCUT2D eigenvalue weighted by molar-refractivity contribution is 0.0668. The summed E-state index contributed by atoms with van der Waals surface area (Å²) in [6.45, 7) is 1.87. The molecular weight excluding hydrogens is 489 g/mol. The van der Waals surface area contributed by atoms with E-state index in [1.807, 2.05) is 0 Å². The van der Waals surface area contributed by atoms with Gasteiger partial charge in [0.05, 0.1) is 39.8 Å². The first kappa shape index (κ1) is 25.9. The number of hydrogen-bond donors (Lipinski definition) is 3. The highest BCUT2D eigenvalue weighted by atomic mass is 32.2. The molecule has 1 aliphatic carbocycles. The first-order valence-electron chi connectivity index (χ1n) is 11.5. The fraction of sp³-hybridized carbons (Fsp3) is 0.417. The van der Waals surface area contributed by atoms with Crippen molar-refractivity contribution in [1.29, 1.82) is 0 Å². The molecule has 194 valence electrons. The van der Waals surface area contributed by atoms with Gasteiger partial charge in [0.2, 0.25) is 0 Å². The molecule has 1 unspecified atom stereocenters. The molecule has 1 aliphatic rings. The summed E-state index contributed by atoms with van der Waals surface area (Å²) in [6.07, 6.45) is 6.45. The van der Waals surface area contributed by atoms with E-state index in [0.29, 0.717) is 54.0 Å². The van der Waals surface area contributed by atoms with Crippen LogP contribution >= 0.6 is 0 Å². The minimum absolute atomic E-state index is 0.134. The summed E-state index contributed by atoms with van der Waals surface area (Å²) in [5.74, 6) is -0.241. The Morgan fingerprint density at radius 3 is 2.81 bits per heavy atom. The maximum absolute atomic E-state index is 14.1. The highest BCUT2D eigenvalue weighted by Crippen LogP contribution is 2.33. The first-order valence-corrected chi connectivity index (χ1v) is 13.6. The second-order valence-corrected chi connectivity index (χ2v) is 11.2. The van der Waals surface area contributed by atoms with Crippen LogP contribution in [0.15, 0.2) is 30.7 Å². The van der Waals surface area contributed by atoms with Crippen molar-refractivity contribution in [3.63, 3.8) is 0 Å². The number of rotatable bonds is 8. The number of halogens is 1. The van der Waals surface area contributed by atoms with Gasteiger partial charge in [0.1, 0.15) is 23.4 Å². The van der Waals surface area contributed by atoms with Crippen LogP contribution in [0.1, 0.15) is 41.6 Å². The third-order valence-corrected chi connectivity index (χ3v) is 7.42. The number of aryl methyl sites for hydroxylation is 1. The number of carbonyl (C=O) groups is 1. The van der Waals surface area contributed by atoms with Gasteiger partial charge in [0.15, 0.2) is 5.82 Å². The molecule has 3 N–H and O–H groups in total. The Labute approximate surface area is 209 Å². The summed E-state index contributed by atoms with van der Waals surface area (Å²) in [5.41, 5.74) is 1.89. The summed E-state index contributed by atoms with van der Waals surface area (Å²) in [5, 5.41) is 18.6. The van der Waals surface area contributed by atoms with E-state index < -0.39 is 21.4 Å². The lowest BCUT2D eigenvalue weighted by Gasteiger charge is -2.27. The van der Waals surface area contributed by atoms with Crippen molar-refractivity contribution in [3.05, 3.63) is 47.7 Å². The van der Waals surface area contributed by atoms with Gasteiger partial charge >= 0.3 is 0 Å². The highest BCUT2D eigenvalue weighted by Gasteiger charge is 2.23. The van der Waals surface area contributed by atoms with Gasteiger partial charge in [-0.25, -0.2) is 18.1 Å². The summed E-state index contributed by atoms with van der Waals surface area (Å²) >= 11 is 0. The summed E-state index contributed by atoms with van der Waals surface area (Å²) < 4.78 is 41.7. The van der Waals surface area contributed by atoms with Crippen LogP contribution < -0.4 is 14.8 Å². The summed E-state index contributed by atoms with van der Waals surface area (Å²) in [6, 6.07) is 4.19. The zero-order valence-corrected chi connectivity index (χ0v) is 21.2. The van der Waals surface area contributed by atoms with Crippen LogP contribution in [0.4, 0.5) is 15.9 Å². The number of aliphatic hydroxyl groups is 1. The van der Waals surface area contributed by atoms with Crippen molar-refractivity contribution in [2.75, 3.05) is 25.3 Å². The minimum Gasteiger partial charge on any atom is -0.488 e. The van der Waals surface area contributed by atoms with Crippen LogP contribution in [-0.4, -0.2) is 67.4 Å². The SMILES string of the molecule is COCC=S(C)(=O)NC(=O)c1cn2ncnc(Nc3ccc(F)cc3OC3CCC(O)CC3)c2c1C. The fourth-order valence-electron chi connectivity index (χ4n) is 4.13. The van der Waals surface area contributed by atoms with Gasteiger partial charge < -0.3 is 19.9 Å². The standard InChI is InChI=1S/C24H30FN5O5S/c1-15-19(24(32)29-36(3,33)11-10-34-2)13-30-22(15)23(26-14-27-30)28-20-9-4-16(25)12-21(20)35-18-7-5-17(31)6-8-18/h4,9,11-14,17-18,31H,5-8,10H2,1-3H3,(H,26,27,28)(H,29,32,33). The average Bonchev–Trinajstić information content (AvgIpc) is 3.18. The van der Waals surface area contributed by atoms with Gasteiger partial charge in [-0.1, -0.05) is 0 Å². The van der Waals surface area contributed by atoms with Gasteiger partial charge in [0.25, 0.3) is 5.91 Å². The van der Waals surface area contributed by atoms with Gasteiger partial charge in [-0.15, -0.1) is 0 Å². The molecule has 12 heteroatoms. The molecule has 1 aromatic carbocycles. The molecule has 0 spiro atoms. The topological polar surface area (TPSA) is 127 Å². The fourth-order valence-corrected chi connectivity index (χ4v) is 5.08.